The third-order valence-electron chi connectivity index (χ3n) is 0. The molecule has 0 aromatic rings. The van der Waals surface area contributed by atoms with E-state index in [-0.39, 0.29) is 12.4 Å². The molecule has 0 amide bonds. The Balaban J connectivity index is -0.0000000480. The molecule has 0 aliphatic rings. The molecule has 0 atom stereocenters. The summed E-state index contributed by atoms with van der Waals surface area (Å²) in [5.74, 6) is 8.00. The third-order valence-corrected chi connectivity index (χ3v) is 0. The molecule has 0 fully saturated rings. The van der Waals surface area contributed by atoms with Crippen LogP contribution < -0.4 is 11.7 Å². The van der Waals surface area contributed by atoms with Crippen LogP contribution in [0.5, 0.6) is 0 Å². The van der Waals surface area contributed by atoms with Gasteiger partial charge in [-0.05, 0) is 0 Å². The molecule has 0 heterocycles. The summed E-state index contributed by atoms with van der Waals surface area (Å²) in [4.78, 5) is 0. The largest absolute Gasteiger partial charge is 0.293 e. The van der Waals surface area contributed by atoms with Crippen molar-refractivity contribution in [2.24, 2.45) is 11.7 Å². The fourth-order valence-electron chi connectivity index (χ4n) is 0. The van der Waals surface area contributed by atoms with Crippen LogP contribution in [0.25, 0.3) is 0 Å². The molecule has 0 spiro atoms. The van der Waals surface area contributed by atoms with Crippen LogP contribution in [0, 0.1) is 0 Å². The smallest absolute Gasteiger partial charge is 0.0560 e. The zero-order chi connectivity index (χ0) is 5.58. The predicted octanol–water partition coefficient (Wildman–Crippen LogP) is -0.392. The highest BCUT2D eigenvalue weighted by Crippen LogP contribution is 1.84. The van der Waals surface area contributed by atoms with Crippen molar-refractivity contribution in [3.8, 4) is 0 Å². The molecule has 0 saturated heterocycles. The topological polar surface area (TPSA) is 75.5 Å². The number of thiol groups is 2. The van der Waals surface area contributed by atoms with Crippen LogP contribution >= 0.6 is 38.0 Å². The Hall–Kier alpha value is 0.830. The molecule has 4 nitrogen and oxygen atoms in total. The molecule has 0 bridgehead atoms. The first kappa shape index (κ1) is 15.7. The molecule has 48 valence electrons. The number of hydrogen-bond donors (Lipinski definition) is 5. The fraction of sp³-hybridized carbons (Fsp3) is 0. The second-order valence-electron chi connectivity index (χ2n) is 0.268. The van der Waals surface area contributed by atoms with Crippen molar-refractivity contribution in [2.45, 2.75) is 0 Å². The van der Waals surface area contributed by atoms with E-state index in [1.165, 1.54) is 0 Å². The quantitative estimate of drug-likeness (QED) is 0.193. The molecular formula is H8ClN3OS2. The van der Waals surface area contributed by atoms with Gasteiger partial charge in [-0.25, -0.2) is 0 Å². The van der Waals surface area contributed by atoms with Gasteiger partial charge in [0.2, 0.25) is 0 Å². The zero-order valence-electron chi connectivity index (χ0n) is 3.35. The van der Waals surface area contributed by atoms with Gasteiger partial charge < -0.3 is 0 Å². The van der Waals surface area contributed by atoms with Crippen LogP contribution in [0.2, 0.25) is 0 Å². The monoisotopic (exact) mass is 165 g/mol. The highest BCUT2D eigenvalue weighted by Gasteiger charge is 1.63. The molecule has 0 aliphatic heterocycles. The normalized spacial score (nSPS) is 6.00. The molecule has 0 saturated carbocycles. The standard InChI is InChI=1S/ClH.H4N2.H3NOS2/c;1-2;2-1(3)4/h1H;1-2H2;2-4H. The maximum Gasteiger partial charge on any atom is -0.0560 e. The van der Waals surface area contributed by atoms with Gasteiger partial charge in [-0.15, -0.1) is 12.4 Å². The molecule has 0 aromatic carbocycles. The molecular weight excluding hydrogens is 158 g/mol. The molecule has 0 unspecified atom stereocenters. The molecule has 0 radical (unpaired) electrons. The summed E-state index contributed by atoms with van der Waals surface area (Å²) in [6, 6.07) is 0. The van der Waals surface area contributed by atoms with Gasteiger partial charge in [-0.3, -0.25) is 16.9 Å². The average Bonchev–Trinajstić information content (AvgIpc) is 1.41. The highest BCUT2D eigenvalue weighted by molar-refractivity contribution is 7.93. The summed E-state index contributed by atoms with van der Waals surface area (Å²) in [5, 5.41) is 7.62. The second-order valence-corrected chi connectivity index (χ2v) is 1.34. The van der Waals surface area contributed by atoms with Crippen LogP contribution in [-0.2, 0) is 0 Å². The number of nitrogens with zero attached hydrogens (tertiary/aromatic N) is 1. The van der Waals surface area contributed by atoms with Gasteiger partial charge in [0.1, 0.15) is 0 Å². The van der Waals surface area contributed by atoms with E-state index in [4.69, 9.17) is 5.21 Å². The maximum absolute atomic E-state index is 7.62. The Kier molecular flexibility index (Phi) is 35.4. The number of rotatable bonds is 0. The summed E-state index contributed by atoms with van der Waals surface area (Å²) in [6.07, 6.45) is 0. The zero-order valence-corrected chi connectivity index (χ0v) is 5.96. The minimum absolute atomic E-state index is 0. The summed E-state index contributed by atoms with van der Waals surface area (Å²) < 4.78 is 0.389. The SMILES string of the molecule is Cl.NN.ON(S)S. The van der Waals surface area contributed by atoms with E-state index >= 15 is 0 Å². The minimum Gasteiger partial charge on any atom is -0.293 e. The van der Waals surface area contributed by atoms with Crippen LogP contribution in [0.3, 0.4) is 0 Å². The molecule has 0 rings (SSSR count). The van der Waals surface area contributed by atoms with E-state index in [9.17, 15) is 0 Å². The second kappa shape index (κ2) is 15.8. The number of halogens is 1. The van der Waals surface area contributed by atoms with Crippen LogP contribution in [-0.4, -0.2) is 9.08 Å². The van der Waals surface area contributed by atoms with Crippen molar-refractivity contribution in [2.75, 3.05) is 0 Å². The maximum atomic E-state index is 7.62. The van der Waals surface area contributed by atoms with E-state index in [1.807, 2.05) is 0 Å². The fourth-order valence-corrected chi connectivity index (χ4v) is 0. The van der Waals surface area contributed by atoms with Gasteiger partial charge in [-0.1, -0.05) is 29.5 Å². The van der Waals surface area contributed by atoms with Gasteiger partial charge in [-0.2, -0.15) is 0 Å². The lowest BCUT2D eigenvalue weighted by molar-refractivity contribution is 0.130. The minimum atomic E-state index is 0. The van der Waals surface area contributed by atoms with E-state index in [2.05, 4.69) is 37.3 Å². The van der Waals surface area contributed by atoms with Gasteiger partial charge in [0, 0.05) is 0 Å². The summed E-state index contributed by atoms with van der Waals surface area (Å²) in [5.41, 5.74) is 0. The summed E-state index contributed by atoms with van der Waals surface area (Å²) in [7, 11) is 0. The van der Waals surface area contributed by atoms with Crippen LogP contribution in [0.4, 0.5) is 0 Å². The van der Waals surface area contributed by atoms with Gasteiger partial charge in [0.15, 0.2) is 0 Å². The molecule has 5 N–H and O–H groups in total. The van der Waals surface area contributed by atoms with E-state index in [1.54, 1.807) is 0 Å². The number of hydrogen-bond acceptors (Lipinski definition) is 6. The predicted molar refractivity (Wildman–Crippen MR) is 37.2 cm³/mol. The molecule has 7 heteroatoms. The first-order valence-electron chi connectivity index (χ1n) is 0.933. The highest BCUT2D eigenvalue weighted by atomic mass is 35.5. The summed E-state index contributed by atoms with van der Waals surface area (Å²) >= 11 is 6.44. The van der Waals surface area contributed by atoms with Crippen molar-refractivity contribution >= 4 is 38.0 Å². The van der Waals surface area contributed by atoms with Gasteiger partial charge in [0.25, 0.3) is 0 Å². The average molecular weight is 166 g/mol. The molecule has 0 aliphatic carbocycles. The van der Waals surface area contributed by atoms with E-state index < -0.39 is 0 Å². The lowest BCUT2D eigenvalue weighted by Crippen LogP contribution is -2.02. The van der Waals surface area contributed by atoms with Crippen molar-refractivity contribution in [1.29, 1.82) is 0 Å². The number of hydrazine groups is 1. The Morgan fingerprint density at radius 1 is 1.29 bits per heavy atom. The first-order chi connectivity index (χ1) is 2.73. The van der Waals surface area contributed by atoms with Crippen molar-refractivity contribution in [1.82, 2.24) is 3.87 Å². The molecule has 7 heavy (non-hydrogen) atoms. The first-order valence-corrected chi connectivity index (χ1v) is 1.73. The molecule has 0 aromatic heterocycles. The Morgan fingerprint density at radius 3 is 1.29 bits per heavy atom. The van der Waals surface area contributed by atoms with Crippen molar-refractivity contribution in [3.63, 3.8) is 0 Å². The summed E-state index contributed by atoms with van der Waals surface area (Å²) in [6.45, 7) is 0. The van der Waals surface area contributed by atoms with Crippen LogP contribution in [0.1, 0.15) is 0 Å². The lowest BCUT2D eigenvalue weighted by Gasteiger charge is -1.84. The Morgan fingerprint density at radius 2 is 1.29 bits per heavy atom. The van der Waals surface area contributed by atoms with Gasteiger partial charge in [0.05, 0.1) is 0 Å². The van der Waals surface area contributed by atoms with E-state index in [0.717, 1.165) is 0 Å². The van der Waals surface area contributed by atoms with Crippen molar-refractivity contribution < 1.29 is 5.21 Å². The third kappa shape index (κ3) is 231. The lowest BCUT2D eigenvalue weighted by atomic mass is 13.0. The van der Waals surface area contributed by atoms with Gasteiger partial charge >= 0.3 is 0 Å². The Labute approximate surface area is 59.3 Å². The van der Waals surface area contributed by atoms with E-state index in [0.29, 0.717) is 3.87 Å². The Bertz CT molecular complexity index is 17.7. The van der Waals surface area contributed by atoms with Crippen molar-refractivity contribution in [3.05, 3.63) is 0 Å². The number of nitrogens with two attached hydrogens (primary N) is 2. The van der Waals surface area contributed by atoms with Crippen LogP contribution in [0.15, 0.2) is 0 Å².